The van der Waals surface area contributed by atoms with Crippen molar-refractivity contribution in [1.82, 2.24) is 0 Å². The van der Waals surface area contributed by atoms with Gasteiger partial charge in [-0.3, -0.25) is 0 Å². The predicted octanol–water partition coefficient (Wildman–Crippen LogP) is 2.60. The minimum atomic E-state index is 0.395. The van der Waals surface area contributed by atoms with E-state index in [1.54, 1.807) is 6.08 Å². The van der Waals surface area contributed by atoms with Gasteiger partial charge in [0.2, 0.25) is 12.7 Å². The molecule has 12 heavy (non-hydrogen) atoms. The first-order valence-corrected chi connectivity index (χ1v) is 4.04. The van der Waals surface area contributed by atoms with Crippen LogP contribution in [0.15, 0.2) is 24.4 Å². The molecule has 2 rings (SSSR count). The van der Waals surface area contributed by atoms with E-state index in [4.69, 9.17) is 11.6 Å². The van der Waals surface area contributed by atoms with Gasteiger partial charge in [0.25, 0.3) is 0 Å². The zero-order chi connectivity index (χ0) is 8.55. The Bertz CT molecular complexity index is 371. The van der Waals surface area contributed by atoms with Crippen molar-refractivity contribution in [3.8, 4) is 0 Å². The van der Waals surface area contributed by atoms with Crippen LogP contribution >= 0.6 is 11.6 Å². The van der Waals surface area contributed by atoms with E-state index in [9.17, 15) is 4.91 Å². The number of hydrogen-bond donors (Lipinski definition) is 0. The number of nitrogens with zero attached hydrogens (tertiary/aromatic N) is 1. The Labute approximate surface area is 75.0 Å². The second-order valence-corrected chi connectivity index (χ2v) is 3.17. The number of nitroso groups, excluding NO2 is 1. The van der Waals surface area contributed by atoms with Crippen LogP contribution in [0.2, 0.25) is 5.02 Å². The Kier molecular flexibility index (Phi) is 1.70. The van der Waals surface area contributed by atoms with Gasteiger partial charge in [0, 0.05) is 26.3 Å². The summed E-state index contributed by atoms with van der Waals surface area (Å²) in [5.74, 6) is 0. The van der Waals surface area contributed by atoms with E-state index >= 15 is 0 Å². The van der Waals surface area contributed by atoms with Crippen molar-refractivity contribution < 1.29 is 4.76 Å². The molecule has 0 saturated carbocycles. The molecular weight excluding hydrogens is 174 g/mol. The molecule has 0 aliphatic carbocycles. The third kappa shape index (κ3) is 1.25. The van der Waals surface area contributed by atoms with Crippen LogP contribution in [0, 0.1) is 4.91 Å². The first-order valence-electron chi connectivity index (χ1n) is 3.66. The van der Waals surface area contributed by atoms with E-state index in [1.807, 2.05) is 18.2 Å². The fourth-order valence-corrected chi connectivity index (χ4v) is 1.45. The minimum Gasteiger partial charge on any atom is -0.0843 e. The highest BCUT2D eigenvalue weighted by molar-refractivity contribution is 6.30. The summed E-state index contributed by atoms with van der Waals surface area (Å²) in [6, 6.07) is 5.57. The molecule has 1 aliphatic rings. The summed E-state index contributed by atoms with van der Waals surface area (Å²) in [4.78, 5) is 10.9. The maximum Gasteiger partial charge on any atom is 0.224 e. The number of halogens is 1. The predicted molar refractivity (Wildman–Crippen MR) is 47.8 cm³/mol. The van der Waals surface area contributed by atoms with Crippen molar-refractivity contribution in [2.75, 3.05) is 0 Å². The van der Waals surface area contributed by atoms with Crippen molar-refractivity contribution in [2.24, 2.45) is 0 Å². The zero-order valence-electron chi connectivity index (χ0n) is 6.33. The van der Waals surface area contributed by atoms with Gasteiger partial charge < -0.3 is 0 Å². The molecule has 0 saturated heterocycles. The van der Waals surface area contributed by atoms with Crippen LogP contribution in [0.25, 0.3) is 6.08 Å². The Morgan fingerprint density at radius 2 is 2.25 bits per heavy atom. The molecule has 0 N–H and O–H groups in total. The summed E-state index contributed by atoms with van der Waals surface area (Å²) in [6.45, 7) is 0.395. The molecule has 3 heteroatoms. The second-order valence-electron chi connectivity index (χ2n) is 2.73. The van der Waals surface area contributed by atoms with Gasteiger partial charge in [0.05, 0.1) is 0 Å². The molecule has 1 heterocycles. The average Bonchev–Trinajstić information content (AvgIpc) is 2.03. The van der Waals surface area contributed by atoms with Crippen molar-refractivity contribution in [3.63, 3.8) is 0 Å². The van der Waals surface area contributed by atoms with E-state index < -0.39 is 0 Å². The summed E-state index contributed by atoms with van der Waals surface area (Å²) < 4.78 is 0.888. The van der Waals surface area contributed by atoms with Crippen LogP contribution in [-0.2, 0) is 6.54 Å². The smallest absolute Gasteiger partial charge is 0.0843 e. The standard InChI is InChI=1S/C9H7ClNO/c10-9-2-1-7-3-4-11(12)6-8(7)5-9/h1-5H,6H2/q+1. The maximum absolute atomic E-state index is 10.9. The van der Waals surface area contributed by atoms with Crippen LogP contribution in [-0.4, -0.2) is 4.76 Å². The highest BCUT2D eigenvalue weighted by Crippen LogP contribution is 2.20. The monoisotopic (exact) mass is 180 g/mol. The van der Waals surface area contributed by atoms with Gasteiger partial charge in [0.15, 0.2) is 0 Å². The summed E-state index contributed by atoms with van der Waals surface area (Å²) >= 11 is 5.78. The molecule has 1 aromatic rings. The van der Waals surface area contributed by atoms with E-state index in [-0.39, 0.29) is 0 Å². The highest BCUT2D eigenvalue weighted by Gasteiger charge is 2.15. The topological polar surface area (TPSA) is 20.1 Å². The molecule has 0 aromatic heterocycles. The van der Waals surface area contributed by atoms with E-state index in [1.165, 1.54) is 6.20 Å². The molecule has 1 aromatic carbocycles. The van der Waals surface area contributed by atoms with Crippen LogP contribution < -0.4 is 0 Å². The molecule has 0 fully saturated rings. The Morgan fingerprint density at radius 1 is 1.42 bits per heavy atom. The minimum absolute atomic E-state index is 0.395. The SMILES string of the molecule is O=[N+]1C=Cc2ccc(Cl)cc2C1. The summed E-state index contributed by atoms with van der Waals surface area (Å²) in [6.07, 6.45) is 3.32. The van der Waals surface area contributed by atoms with Crippen LogP contribution in [0.1, 0.15) is 11.1 Å². The quantitative estimate of drug-likeness (QED) is 0.562. The lowest BCUT2D eigenvalue weighted by atomic mass is 10.1. The van der Waals surface area contributed by atoms with Crippen molar-refractivity contribution >= 4 is 17.7 Å². The first kappa shape index (κ1) is 7.50. The first-order chi connectivity index (χ1) is 5.75. The molecule has 0 radical (unpaired) electrons. The zero-order valence-corrected chi connectivity index (χ0v) is 7.08. The Balaban J connectivity index is 2.54. The van der Waals surface area contributed by atoms with Crippen LogP contribution in [0.4, 0.5) is 0 Å². The van der Waals surface area contributed by atoms with Gasteiger partial charge in [-0.25, -0.2) is 0 Å². The Morgan fingerprint density at radius 3 is 3.08 bits per heavy atom. The number of rotatable bonds is 0. The summed E-state index contributed by atoms with van der Waals surface area (Å²) in [5.41, 5.74) is 2.06. The molecular formula is C9H7ClNO+. The molecule has 2 nitrogen and oxygen atoms in total. The van der Waals surface area contributed by atoms with Gasteiger partial charge in [-0.15, -0.1) is 0 Å². The second kappa shape index (κ2) is 2.72. The van der Waals surface area contributed by atoms with Crippen LogP contribution in [0.3, 0.4) is 0 Å². The average molecular weight is 181 g/mol. The lowest BCUT2D eigenvalue weighted by Gasteiger charge is -2.03. The van der Waals surface area contributed by atoms with Crippen molar-refractivity contribution in [1.29, 1.82) is 0 Å². The fraction of sp³-hybridized carbons (Fsp3) is 0.111. The van der Waals surface area contributed by atoms with Gasteiger partial charge >= 0.3 is 0 Å². The summed E-state index contributed by atoms with van der Waals surface area (Å²) in [7, 11) is 0. The van der Waals surface area contributed by atoms with Gasteiger partial charge in [0.1, 0.15) is 0 Å². The molecule has 0 spiro atoms. The van der Waals surface area contributed by atoms with E-state index in [2.05, 4.69) is 0 Å². The molecule has 60 valence electrons. The number of benzene rings is 1. The molecule has 0 atom stereocenters. The van der Waals surface area contributed by atoms with E-state index in [0.29, 0.717) is 11.6 Å². The van der Waals surface area contributed by atoms with Gasteiger partial charge in [-0.05, 0) is 17.7 Å². The highest BCUT2D eigenvalue weighted by atomic mass is 35.5. The molecule has 0 amide bonds. The third-order valence-electron chi connectivity index (χ3n) is 1.85. The van der Waals surface area contributed by atoms with Crippen molar-refractivity contribution in [3.05, 3.63) is 45.5 Å². The van der Waals surface area contributed by atoms with Gasteiger partial charge in [-0.2, -0.15) is 0 Å². The Hall–Kier alpha value is -1.15. The largest absolute Gasteiger partial charge is 0.224 e. The van der Waals surface area contributed by atoms with E-state index in [0.717, 1.165) is 15.9 Å². The fourth-order valence-electron chi connectivity index (χ4n) is 1.26. The molecule has 1 aliphatic heterocycles. The normalized spacial score (nSPS) is 14.6. The van der Waals surface area contributed by atoms with Crippen LogP contribution in [0.5, 0.6) is 0 Å². The molecule has 0 unspecified atom stereocenters. The number of fused-ring (bicyclic) bond motifs is 1. The molecule has 0 bridgehead atoms. The lowest BCUT2D eigenvalue weighted by Crippen LogP contribution is -2.05. The number of hydrogen-bond acceptors (Lipinski definition) is 1. The summed E-state index contributed by atoms with van der Waals surface area (Å²) in [5, 5.41) is 0.678. The third-order valence-corrected chi connectivity index (χ3v) is 2.09. The van der Waals surface area contributed by atoms with Gasteiger partial charge in [-0.1, -0.05) is 17.7 Å². The van der Waals surface area contributed by atoms with Crippen molar-refractivity contribution in [2.45, 2.75) is 6.54 Å². The maximum atomic E-state index is 10.9. The lowest BCUT2D eigenvalue weighted by molar-refractivity contribution is -0.496.